The van der Waals surface area contributed by atoms with Gasteiger partial charge in [0.15, 0.2) is 0 Å². The first kappa shape index (κ1) is 31.1. The van der Waals surface area contributed by atoms with Crippen LogP contribution in [0.5, 0.6) is 0 Å². The van der Waals surface area contributed by atoms with Crippen molar-refractivity contribution in [3.63, 3.8) is 0 Å². The fourth-order valence-corrected chi connectivity index (χ4v) is 5.94. The van der Waals surface area contributed by atoms with Crippen LogP contribution in [0.2, 0.25) is 0 Å². The molecule has 0 aliphatic rings. The summed E-state index contributed by atoms with van der Waals surface area (Å²) in [4.78, 5) is 0. The molecule has 0 radical (unpaired) electrons. The van der Waals surface area contributed by atoms with Crippen LogP contribution in [0.1, 0.15) is 42.6 Å². The summed E-state index contributed by atoms with van der Waals surface area (Å²) in [6.07, 6.45) is 0. The molecule has 0 saturated carbocycles. The summed E-state index contributed by atoms with van der Waals surface area (Å²) in [6, 6.07) is 47.5. The number of nitrogens with two attached hydrogens (primary N) is 3. The van der Waals surface area contributed by atoms with E-state index in [-0.39, 0.29) is 12.1 Å². The second-order valence-electron chi connectivity index (χ2n) is 11.9. The van der Waals surface area contributed by atoms with Crippen molar-refractivity contribution in [3.8, 4) is 22.3 Å². The summed E-state index contributed by atoms with van der Waals surface area (Å²) in [5, 5.41) is 10.7. The highest BCUT2D eigenvalue weighted by Gasteiger charge is 2.15. The zero-order valence-electron chi connectivity index (χ0n) is 26.9. The fourth-order valence-electron chi connectivity index (χ4n) is 5.94. The molecular formula is C41H42N6. The second-order valence-corrected chi connectivity index (χ2v) is 11.9. The van der Waals surface area contributed by atoms with E-state index in [1.54, 1.807) is 0 Å². The second kappa shape index (κ2) is 14.0. The molecule has 0 amide bonds. The number of hydrogen-bond donors (Lipinski definition) is 6. The van der Waals surface area contributed by atoms with Crippen molar-refractivity contribution in [3.05, 3.63) is 156 Å². The highest BCUT2D eigenvalue weighted by atomic mass is 14.9. The number of nitrogen functional groups attached to an aromatic ring is 3. The predicted molar refractivity (Wildman–Crippen MR) is 201 cm³/mol. The van der Waals surface area contributed by atoms with E-state index in [0.717, 1.165) is 61.8 Å². The summed E-state index contributed by atoms with van der Waals surface area (Å²) in [7, 11) is 0. The van der Waals surface area contributed by atoms with Gasteiger partial charge in [-0.25, -0.2) is 0 Å². The third kappa shape index (κ3) is 7.18. The van der Waals surface area contributed by atoms with Gasteiger partial charge in [-0.2, -0.15) is 0 Å². The van der Waals surface area contributed by atoms with Gasteiger partial charge in [-0.15, -0.1) is 0 Å². The Labute approximate surface area is 277 Å². The molecule has 0 bridgehead atoms. The molecule has 2 atom stereocenters. The van der Waals surface area contributed by atoms with Gasteiger partial charge in [-0.1, -0.05) is 103 Å². The molecular weight excluding hydrogens is 576 g/mol. The summed E-state index contributed by atoms with van der Waals surface area (Å²) < 4.78 is 0. The molecule has 0 heterocycles. The molecule has 6 heteroatoms. The van der Waals surface area contributed by atoms with E-state index in [1.165, 1.54) is 5.56 Å². The highest BCUT2D eigenvalue weighted by Crippen LogP contribution is 2.37. The predicted octanol–water partition coefficient (Wildman–Crippen LogP) is 9.73. The van der Waals surface area contributed by atoms with E-state index in [1.807, 2.05) is 48.5 Å². The smallest absolute Gasteiger partial charge is 0.0629 e. The van der Waals surface area contributed by atoms with Crippen molar-refractivity contribution in [1.82, 2.24) is 0 Å². The fraction of sp³-hybridized carbons (Fsp3) is 0.122. The molecule has 236 valence electrons. The molecule has 2 unspecified atom stereocenters. The summed E-state index contributed by atoms with van der Waals surface area (Å²) in [5.41, 5.74) is 32.2. The molecule has 0 saturated heterocycles. The lowest BCUT2D eigenvalue weighted by atomic mass is 9.97. The van der Waals surface area contributed by atoms with Crippen molar-refractivity contribution >= 4 is 34.1 Å². The Morgan fingerprint density at radius 2 is 1.00 bits per heavy atom. The van der Waals surface area contributed by atoms with Crippen molar-refractivity contribution in [1.29, 1.82) is 0 Å². The lowest BCUT2D eigenvalue weighted by Crippen LogP contribution is -2.10. The van der Waals surface area contributed by atoms with Gasteiger partial charge in [0, 0.05) is 29.8 Å². The standard InChI is InChI=1S/C41H42N6/c1-27(30-13-4-3-5-14-30)46-38-22-11-19-35(41(38)44)33-17-9-15-31(25-33)28(2)47-39-23-10-18-34(40(39)43)32-16-8-12-29(24-32)26-45-37-21-7-6-20-36(37)42/h3-25,27-28,45-47H,26,42-44H2,1-2H3. The lowest BCUT2D eigenvalue weighted by molar-refractivity contribution is 0.885. The Morgan fingerprint density at radius 1 is 0.489 bits per heavy atom. The first-order valence-corrected chi connectivity index (χ1v) is 16.0. The van der Waals surface area contributed by atoms with Gasteiger partial charge in [-0.05, 0) is 78.1 Å². The third-order valence-corrected chi connectivity index (χ3v) is 8.64. The molecule has 0 spiro atoms. The highest BCUT2D eigenvalue weighted by molar-refractivity contribution is 5.87. The Hall–Kier alpha value is -5.88. The molecule has 6 rings (SSSR count). The van der Waals surface area contributed by atoms with Crippen LogP contribution >= 0.6 is 0 Å². The minimum atomic E-state index is 0.000000296. The van der Waals surface area contributed by atoms with Crippen LogP contribution in [-0.2, 0) is 6.54 Å². The quantitative estimate of drug-likeness (QED) is 0.0806. The molecule has 6 nitrogen and oxygen atoms in total. The largest absolute Gasteiger partial charge is 0.397 e. The van der Waals surface area contributed by atoms with Gasteiger partial charge in [0.05, 0.1) is 34.1 Å². The van der Waals surface area contributed by atoms with Crippen LogP contribution in [-0.4, -0.2) is 0 Å². The number of rotatable bonds is 11. The zero-order valence-corrected chi connectivity index (χ0v) is 26.9. The lowest BCUT2D eigenvalue weighted by Gasteiger charge is -2.21. The van der Waals surface area contributed by atoms with Gasteiger partial charge in [0.25, 0.3) is 0 Å². The van der Waals surface area contributed by atoms with Crippen LogP contribution in [0, 0.1) is 0 Å². The van der Waals surface area contributed by atoms with E-state index in [2.05, 4.69) is 121 Å². The number of benzene rings is 6. The maximum absolute atomic E-state index is 6.80. The molecule has 0 aromatic heterocycles. The van der Waals surface area contributed by atoms with E-state index in [4.69, 9.17) is 17.2 Å². The molecule has 0 fully saturated rings. The van der Waals surface area contributed by atoms with Gasteiger partial charge in [-0.3, -0.25) is 0 Å². The maximum Gasteiger partial charge on any atom is 0.0629 e. The van der Waals surface area contributed by atoms with Crippen molar-refractivity contribution in [2.45, 2.75) is 32.5 Å². The summed E-state index contributed by atoms with van der Waals surface area (Å²) >= 11 is 0. The van der Waals surface area contributed by atoms with E-state index in [0.29, 0.717) is 12.2 Å². The van der Waals surface area contributed by atoms with Crippen LogP contribution < -0.4 is 33.2 Å². The number of hydrogen-bond acceptors (Lipinski definition) is 6. The van der Waals surface area contributed by atoms with Crippen LogP contribution in [0.25, 0.3) is 22.3 Å². The monoisotopic (exact) mass is 618 g/mol. The van der Waals surface area contributed by atoms with Gasteiger partial charge in [0.1, 0.15) is 0 Å². The minimum absolute atomic E-state index is 0.000000296. The number of para-hydroxylation sites is 4. The third-order valence-electron chi connectivity index (χ3n) is 8.64. The Bertz CT molecular complexity index is 1970. The van der Waals surface area contributed by atoms with Crippen molar-refractivity contribution in [2.75, 3.05) is 33.2 Å². The van der Waals surface area contributed by atoms with E-state index in [9.17, 15) is 0 Å². The van der Waals surface area contributed by atoms with Crippen LogP contribution in [0.15, 0.2) is 140 Å². The topological polar surface area (TPSA) is 114 Å². The molecule has 9 N–H and O–H groups in total. The van der Waals surface area contributed by atoms with Crippen LogP contribution in [0.3, 0.4) is 0 Å². The first-order chi connectivity index (χ1) is 22.9. The van der Waals surface area contributed by atoms with E-state index >= 15 is 0 Å². The normalized spacial score (nSPS) is 12.2. The summed E-state index contributed by atoms with van der Waals surface area (Å²) in [6.45, 7) is 4.95. The van der Waals surface area contributed by atoms with Gasteiger partial charge in [0.2, 0.25) is 0 Å². The first-order valence-electron chi connectivity index (χ1n) is 16.0. The van der Waals surface area contributed by atoms with Gasteiger partial charge < -0.3 is 33.2 Å². The zero-order chi connectivity index (χ0) is 32.8. The number of anilines is 6. The average molecular weight is 619 g/mol. The van der Waals surface area contributed by atoms with Crippen molar-refractivity contribution in [2.24, 2.45) is 0 Å². The maximum atomic E-state index is 6.80. The minimum Gasteiger partial charge on any atom is -0.397 e. The van der Waals surface area contributed by atoms with Gasteiger partial charge >= 0.3 is 0 Å². The molecule has 47 heavy (non-hydrogen) atoms. The van der Waals surface area contributed by atoms with Crippen LogP contribution in [0.4, 0.5) is 34.1 Å². The van der Waals surface area contributed by atoms with E-state index < -0.39 is 0 Å². The molecule has 6 aromatic carbocycles. The average Bonchev–Trinajstić information content (AvgIpc) is 3.10. The summed E-state index contributed by atoms with van der Waals surface area (Å²) in [5.74, 6) is 0. The molecule has 0 aliphatic heterocycles. The number of nitrogens with one attached hydrogen (secondary N) is 3. The molecule has 0 aliphatic carbocycles. The SMILES string of the molecule is CC(Nc1cccc(-c2cccc(C(C)Nc3cccc(-c4cccc(CNc5ccccc5N)c4)c3N)c2)c1N)c1ccccc1. The van der Waals surface area contributed by atoms with Crippen molar-refractivity contribution < 1.29 is 0 Å². The Morgan fingerprint density at radius 3 is 1.66 bits per heavy atom. The Balaban J connectivity index is 1.18. The molecule has 6 aromatic rings. The Kier molecular flexibility index (Phi) is 9.30.